The maximum Gasteiger partial charge on any atom is 0.238 e. The van der Waals surface area contributed by atoms with E-state index in [0.717, 1.165) is 36.5 Å². The first-order chi connectivity index (χ1) is 37.0. The molecule has 2 aromatic carbocycles. The van der Waals surface area contributed by atoms with Gasteiger partial charge in [0.15, 0.2) is 0 Å². The molecule has 0 bridgehead atoms. The van der Waals surface area contributed by atoms with Crippen LogP contribution in [-0.2, 0) is 40.5 Å². The second-order valence-corrected chi connectivity index (χ2v) is 25.4. The van der Waals surface area contributed by atoms with Gasteiger partial charge in [-0.05, 0) is 75.1 Å². The number of likely N-dealkylation sites (N-methyl/N-ethyl adjacent to an activating group) is 1. The summed E-state index contributed by atoms with van der Waals surface area (Å²) >= 11 is 0. The van der Waals surface area contributed by atoms with Gasteiger partial charge in [-0.15, -0.1) is 0 Å². The second-order valence-electron chi connectivity index (χ2n) is 21.9. The van der Waals surface area contributed by atoms with Gasteiger partial charge in [0, 0.05) is 107 Å². The van der Waals surface area contributed by atoms with Gasteiger partial charge in [-0.25, -0.2) is 35.6 Å². The van der Waals surface area contributed by atoms with Gasteiger partial charge in [-0.2, -0.15) is 0 Å². The smallest absolute Gasteiger partial charge is 0.238 e. The first-order valence-corrected chi connectivity index (χ1v) is 30.4. The van der Waals surface area contributed by atoms with E-state index >= 15 is 8.78 Å². The van der Waals surface area contributed by atoms with Gasteiger partial charge in [0.05, 0.1) is 58.1 Å². The summed E-state index contributed by atoms with van der Waals surface area (Å²) in [5, 5.41) is 7.95. The van der Waals surface area contributed by atoms with Gasteiger partial charge in [-0.3, -0.25) is 29.0 Å². The average Bonchev–Trinajstić information content (AvgIpc) is 4.00. The standard InChI is InChI=1S/C56H66F2N10O8S2/c1-9-33-23-55(24-33)49-39-19-37(41(57)21-43(39)61-29-47(49)67(6)53(55)69)35-17-46(66-78(8,73)74)52(64-27-35)76-16-13-60-32(5)11-14-68-48-30-62-44-22-42(58)38(20-40(44)50(48)56(54(68)70)25-34(10-2)26-56)36-18-45(65-77(7,71)72)51(63-28-36)75-15-12-59-31(3)4/h17-22,27-34,59-60,65-66H,9-16,23-26H2,1-8H3. The van der Waals surface area contributed by atoms with Gasteiger partial charge >= 0.3 is 0 Å². The first kappa shape index (κ1) is 54.7. The zero-order valence-electron chi connectivity index (χ0n) is 45.1. The number of nitrogens with zero attached hydrogens (tertiary/aromatic N) is 6. The molecule has 22 heteroatoms. The minimum absolute atomic E-state index is 0.00857. The highest BCUT2D eigenvalue weighted by molar-refractivity contribution is 7.92. The van der Waals surface area contributed by atoms with Crippen molar-refractivity contribution in [1.82, 2.24) is 30.6 Å². The Balaban J connectivity index is 0.849. The molecule has 2 aliphatic carbocycles. The quantitative estimate of drug-likeness (QED) is 0.0499. The average molecular weight is 1110 g/mol. The number of halogens is 2. The summed E-state index contributed by atoms with van der Waals surface area (Å²) in [4.78, 5) is 49.9. The van der Waals surface area contributed by atoms with E-state index < -0.39 is 42.5 Å². The van der Waals surface area contributed by atoms with Crippen LogP contribution >= 0.6 is 0 Å². The molecule has 2 amide bonds. The van der Waals surface area contributed by atoms with Crippen LogP contribution in [0.4, 0.5) is 31.5 Å². The van der Waals surface area contributed by atoms with Crippen molar-refractivity contribution < 1.29 is 44.7 Å². The highest BCUT2D eigenvalue weighted by Gasteiger charge is 2.59. The summed E-state index contributed by atoms with van der Waals surface area (Å²) in [6, 6.07) is 9.11. The molecule has 1 atom stereocenters. The van der Waals surface area contributed by atoms with Crippen LogP contribution in [0, 0.1) is 23.5 Å². The van der Waals surface area contributed by atoms with Crippen molar-refractivity contribution in [3.63, 3.8) is 0 Å². The zero-order valence-corrected chi connectivity index (χ0v) is 46.7. The first-order valence-electron chi connectivity index (χ1n) is 26.6. The molecule has 1 unspecified atom stereocenters. The highest BCUT2D eigenvalue weighted by Crippen LogP contribution is 2.60. The molecule has 2 aliphatic heterocycles. The number of carbonyl (C=O) groups excluding carboxylic acids is 2. The van der Waals surface area contributed by atoms with Gasteiger partial charge in [0.2, 0.25) is 43.6 Å². The molecule has 4 aromatic heterocycles. The zero-order chi connectivity index (χ0) is 55.6. The van der Waals surface area contributed by atoms with E-state index in [4.69, 9.17) is 9.47 Å². The SMILES string of the molecule is CCC1CC2(C1)C(=O)N(C)c1cnc3cc(F)c(-c4cnc(OCCNC(C)CCN5C(=O)C6(CC(CC)C6)c6c5cnc5cc(F)c(-c7cnc(OCCNC(C)C)c(NS(C)(=O)=O)c7)cc65)c(NS(C)(=O)=O)c4)cc3c12. The molecule has 2 spiro atoms. The topological polar surface area (TPSA) is 227 Å². The number of hydrogen-bond donors (Lipinski definition) is 4. The number of rotatable bonds is 21. The van der Waals surface area contributed by atoms with E-state index in [9.17, 15) is 26.4 Å². The summed E-state index contributed by atoms with van der Waals surface area (Å²) in [6.45, 7) is 11.6. The lowest BCUT2D eigenvalue weighted by Gasteiger charge is -2.44. The largest absolute Gasteiger partial charge is 0.475 e. The third kappa shape index (κ3) is 10.2. The normalized spacial score (nSPS) is 21.1. The van der Waals surface area contributed by atoms with E-state index in [1.54, 1.807) is 41.4 Å². The minimum atomic E-state index is -3.84. The van der Waals surface area contributed by atoms with Gasteiger partial charge in [-0.1, -0.05) is 40.5 Å². The highest BCUT2D eigenvalue weighted by atomic mass is 32.2. The number of anilines is 4. The fourth-order valence-corrected chi connectivity index (χ4v) is 13.2. The molecular weight excluding hydrogens is 1040 g/mol. The van der Waals surface area contributed by atoms with Crippen molar-refractivity contribution in [2.75, 3.05) is 71.7 Å². The van der Waals surface area contributed by atoms with Gasteiger partial charge < -0.3 is 29.9 Å². The third-order valence-corrected chi connectivity index (χ3v) is 17.2. The van der Waals surface area contributed by atoms with Crippen LogP contribution in [0.25, 0.3) is 44.1 Å². The summed E-state index contributed by atoms with van der Waals surface area (Å²) in [7, 11) is -5.87. The van der Waals surface area contributed by atoms with Gasteiger partial charge in [0.1, 0.15) is 36.2 Å². The van der Waals surface area contributed by atoms with Crippen LogP contribution in [0.3, 0.4) is 0 Å². The molecule has 0 saturated heterocycles. The molecule has 0 radical (unpaired) electrons. The van der Waals surface area contributed by atoms with Crippen molar-refractivity contribution in [3.8, 4) is 34.0 Å². The number of fused-ring (bicyclic) bond motifs is 8. The van der Waals surface area contributed by atoms with Crippen molar-refractivity contribution in [2.45, 2.75) is 102 Å². The predicted molar refractivity (Wildman–Crippen MR) is 298 cm³/mol. The summed E-state index contributed by atoms with van der Waals surface area (Å²) in [5.74, 6) is -0.442. The molecular formula is C56H66F2N10O8S2. The molecule has 10 rings (SSSR count). The number of benzene rings is 2. The van der Waals surface area contributed by atoms with Crippen LogP contribution in [0.15, 0.2) is 61.2 Å². The molecule has 78 heavy (non-hydrogen) atoms. The summed E-state index contributed by atoms with van der Waals surface area (Å²) < 4.78 is 99.2. The van der Waals surface area contributed by atoms with E-state index in [1.165, 1.54) is 36.7 Å². The van der Waals surface area contributed by atoms with E-state index in [1.807, 2.05) is 20.8 Å². The summed E-state index contributed by atoms with van der Waals surface area (Å²) in [5.41, 5.74) is 3.28. The van der Waals surface area contributed by atoms with Crippen molar-refractivity contribution >= 4 is 76.4 Å². The molecule has 2 saturated carbocycles. The number of sulfonamides is 2. The molecule has 4 aliphatic rings. The number of aromatic nitrogens is 4. The maximum atomic E-state index is 16.2. The lowest BCUT2D eigenvalue weighted by Crippen LogP contribution is -2.50. The fourth-order valence-electron chi connectivity index (χ4n) is 12.1. The monoisotopic (exact) mass is 1110 g/mol. The maximum absolute atomic E-state index is 16.2. The Labute approximate surface area is 453 Å². The minimum Gasteiger partial charge on any atom is -0.475 e. The second kappa shape index (κ2) is 20.9. The number of nitrogens with one attached hydrogen (secondary N) is 4. The van der Waals surface area contributed by atoms with Crippen molar-refractivity contribution in [1.29, 1.82) is 0 Å². The van der Waals surface area contributed by atoms with E-state index in [2.05, 4.69) is 53.9 Å². The number of pyridine rings is 4. The van der Waals surface area contributed by atoms with Crippen molar-refractivity contribution in [2.24, 2.45) is 11.8 Å². The third-order valence-electron chi connectivity index (χ3n) is 16.0. The van der Waals surface area contributed by atoms with E-state index in [-0.39, 0.29) is 71.4 Å². The van der Waals surface area contributed by atoms with Crippen LogP contribution in [-0.4, -0.2) is 113 Å². The Morgan fingerprint density at radius 3 is 1.59 bits per heavy atom. The van der Waals surface area contributed by atoms with Crippen LogP contribution in [0.5, 0.6) is 11.8 Å². The Morgan fingerprint density at radius 2 is 1.12 bits per heavy atom. The Hall–Kier alpha value is -6.62. The number of ether oxygens (including phenoxy) is 2. The van der Waals surface area contributed by atoms with Crippen LogP contribution in [0.1, 0.15) is 90.7 Å². The molecule has 6 heterocycles. The Morgan fingerprint density at radius 1 is 0.654 bits per heavy atom. The summed E-state index contributed by atoms with van der Waals surface area (Å²) in [6.07, 6.45) is 13.2. The molecule has 18 nitrogen and oxygen atoms in total. The van der Waals surface area contributed by atoms with Crippen molar-refractivity contribution in [3.05, 3.63) is 83.9 Å². The number of hydrogen-bond acceptors (Lipinski definition) is 14. The predicted octanol–water partition coefficient (Wildman–Crippen LogP) is 8.19. The Bertz CT molecular complexity index is 3610. The molecule has 6 aromatic rings. The van der Waals surface area contributed by atoms with Gasteiger partial charge in [0.25, 0.3) is 0 Å². The van der Waals surface area contributed by atoms with Crippen LogP contribution in [0.2, 0.25) is 0 Å². The lowest BCUT2D eigenvalue weighted by molar-refractivity contribution is -0.128. The number of amides is 2. The number of carbonyl (C=O) groups is 2. The lowest BCUT2D eigenvalue weighted by atomic mass is 9.58. The Kier molecular flexibility index (Phi) is 14.6. The molecule has 2 fully saturated rings. The fraction of sp³-hybridized carbons (Fsp3) is 0.464. The van der Waals surface area contributed by atoms with E-state index in [0.29, 0.717) is 108 Å². The van der Waals surface area contributed by atoms with Crippen LogP contribution < -0.4 is 39.4 Å². The molecule has 4 N–H and O–H groups in total. The molecule has 414 valence electrons.